The summed E-state index contributed by atoms with van der Waals surface area (Å²) < 4.78 is 27.3. The quantitative estimate of drug-likeness (QED) is 0.891. The molecular formula is C14H18F2N2O. The molecule has 0 aliphatic carbocycles. The Labute approximate surface area is 111 Å². The van der Waals surface area contributed by atoms with E-state index in [0.29, 0.717) is 0 Å². The van der Waals surface area contributed by atoms with Crippen LogP contribution < -0.4 is 5.32 Å². The number of aryl methyl sites for hydroxylation is 1. The minimum atomic E-state index is -0.662. The lowest BCUT2D eigenvalue weighted by Crippen LogP contribution is -2.44. The van der Waals surface area contributed by atoms with Crippen LogP contribution in [-0.2, 0) is 0 Å². The molecule has 3 nitrogen and oxygen atoms in total. The maximum atomic E-state index is 13.8. The minimum Gasteiger partial charge on any atom is -0.339 e. The Balaban J connectivity index is 2.21. The zero-order chi connectivity index (χ0) is 14.0. The van der Waals surface area contributed by atoms with Crippen LogP contribution in [0.1, 0.15) is 28.8 Å². The molecule has 5 heteroatoms. The fourth-order valence-electron chi connectivity index (χ4n) is 2.36. The monoisotopic (exact) mass is 268 g/mol. The van der Waals surface area contributed by atoms with Crippen LogP contribution in [0, 0.1) is 18.6 Å². The van der Waals surface area contributed by atoms with Crippen LogP contribution >= 0.6 is 0 Å². The Kier molecular flexibility index (Phi) is 4.14. The van der Waals surface area contributed by atoms with E-state index in [2.05, 4.69) is 5.32 Å². The highest BCUT2D eigenvalue weighted by molar-refractivity contribution is 5.94. The summed E-state index contributed by atoms with van der Waals surface area (Å²) in [5.74, 6) is -1.67. The first-order chi connectivity index (χ1) is 9.00. The molecular weight excluding hydrogens is 250 g/mol. The van der Waals surface area contributed by atoms with Crippen molar-refractivity contribution in [2.75, 3.05) is 20.1 Å². The molecule has 1 aromatic carbocycles. The van der Waals surface area contributed by atoms with Crippen LogP contribution in [0.3, 0.4) is 0 Å². The van der Waals surface area contributed by atoms with Gasteiger partial charge in [0.1, 0.15) is 11.6 Å². The van der Waals surface area contributed by atoms with E-state index in [1.165, 1.54) is 11.8 Å². The molecule has 0 unspecified atom stereocenters. The van der Waals surface area contributed by atoms with E-state index < -0.39 is 17.5 Å². The van der Waals surface area contributed by atoms with E-state index >= 15 is 0 Å². The topological polar surface area (TPSA) is 32.3 Å². The van der Waals surface area contributed by atoms with Gasteiger partial charge in [-0.2, -0.15) is 0 Å². The molecule has 0 atom stereocenters. The maximum Gasteiger partial charge on any atom is 0.256 e. The SMILES string of the molecule is Cc1cc(F)c(C(=O)N(C)C2CCNCC2)cc1F. The van der Waals surface area contributed by atoms with Gasteiger partial charge in [-0.05, 0) is 50.6 Å². The van der Waals surface area contributed by atoms with Crippen molar-refractivity contribution >= 4 is 5.91 Å². The first-order valence-corrected chi connectivity index (χ1v) is 6.44. The van der Waals surface area contributed by atoms with Crippen LogP contribution in [-0.4, -0.2) is 37.0 Å². The smallest absolute Gasteiger partial charge is 0.256 e. The van der Waals surface area contributed by atoms with Gasteiger partial charge in [-0.25, -0.2) is 8.78 Å². The largest absolute Gasteiger partial charge is 0.339 e. The van der Waals surface area contributed by atoms with Gasteiger partial charge in [-0.3, -0.25) is 4.79 Å². The molecule has 104 valence electrons. The predicted octanol–water partition coefficient (Wildman–Crippen LogP) is 2.10. The zero-order valence-corrected chi connectivity index (χ0v) is 11.2. The van der Waals surface area contributed by atoms with Crippen molar-refractivity contribution in [1.29, 1.82) is 0 Å². The molecule has 1 fully saturated rings. The molecule has 1 aliphatic heterocycles. The summed E-state index contributed by atoms with van der Waals surface area (Å²) in [5.41, 5.74) is 0.0164. The fraction of sp³-hybridized carbons (Fsp3) is 0.500. The first kappa shape index (κ1) is 13.9. The molecule has 1 saturated heterocycles. The number of piperidine rings is 1. The Hall–Kier alpha value is -1.49. The Bertz CT molecular complexity index is 485. The lowest BCUT2D eigenvalue weighted by molar-refractivity contribution is 0.0698. The van der Waals surface area contributed by atoms with Crippen molar-refractivity contribution in [2.45, 2.75) is 25.8 Å². The maximum absolute atomic E-state index is 13.8. The highest BCUT2D eigenvalue weighted by Gasteiger charge is 2.25. The molecule has 0 radical (unpaired) electrons. The number of nitrogens with zero attached hydrogens (tertiary/aromatic N) is 1. The molecule has 0 aromatic heterocycles. The highest BCUT2D eigenvalue weighted by Crippen LogP contribution is 2.18. The third-order valence-electron chi connectivity index (χ3n) is 3.66. The molecule has 1 aliphatic rings. The summed E-state index contributed by atoms with van der Waals surface area (Å²) >= 11 is 0. The molecule has 1 N–H and O–H groups in total. The number of benzene rings is 1. The Morgan fingerprint density at radius 3 is 2.53 bits per heavy atom. The van der Waals surface area contributed by atoms with Gasteiger partial charge in [0.25, 0.3) is 5.91 Å². The van der Waals surface area contributed by atoms with Crippen LogP contribution in [0.2, 0.25) is 0 Å². The molecule has 1 aromatic rings. The predicted molar refractivity (Wildman–Crippen MR) is 69.1 cm³/mol. The minimum absolute atomic E-state index is 0.0810. The van der Waals surface area contributed by atoms with E-state index in [0.717, 1.165) is 38.1 Å². The van der Waals surface area contributed by atoms with Crippen molar-refractivity contribution in [1.82, 2.24) is 10.2 Å². The van der Waals surface area contributed by atoms with Crippen LogP contribution in [0.25, 0.3) is 0 Å². The van der Waals surface area contributed by atoms with Gasteiger partial charge in [-0.15, -0.1) is 0 Å². The van der Waals surface area contributed by atoms with Crippen LogP contribution in [0.4, 0.5) is 8.78 Å². The van der Waals surface area contributed by atoms with Crippen LogP contribution in [0.15, 0.2) is 12.1 Å². The lowest BCUT2D eigenvalue weighted by Gasteiger charge is -2.31. The number of halogens is 2. The average Bonchev–Trinajstić information content (AvgIpc) is 2.42. The molecule has 1 amide bonds. The van der Waals surface area contributed by atoms with E-state index in [1.807, 2.05) is 0 Å². The summed E-state index contributed by atoms with van der Waals surface area (Å²) in [4.78, 5) is 13.7. The number of carbonyl (C=O) groups excluding carboxylic acids is 1. The summed E-state index contributed by atoms with van der Waals surface area (Å²) in [6.45, 7) is 3.16. The van der Waals surface area contributed by atoms with E-state index in [4.69, 9.17) is 0 Å². The van der Waals surface area contributed by atoms with Gasteiger partial charge in [0.2, 0.25) is 0 Å². The third kappa shape index (κ3) is 2.92. The first-order valence-electron chi connectivity index (χ1n) is 6.44. The summed E-state index contributed by atoms with van der Waals surface area (Å²) in [7, 11) is 1.65. The molecule has 2 rings (SSSR count). The normalized spacial score (nSPS) is 16.4. The van der Waals surface area contributed by atoms with Gasteiger partial charge in [0, 0.05) is 13.1 Å². The molecule has 1 heterocycles. The zero-order valence-electron chi connectivity index (χ0n) is 11.2. The summed E-state index contributed by atoms with van der Waals surface area (Å²) in [6, 6.07) is 2.14. The molecule has 19 heavy (non-hydrogen) atoms. The van der Waals surface area contributed by atoms with E-state index in [-0.39, 0.29) is 17.2 Å². The third-order valence-corrected chi connectivity index (χ3v) is 3.66. The lowest BCUT2D eigenvalue weighted by atomic mass is 10.0. The number of hydrogen-bond donors (Lipinski definition) is 1. The second-order valence-corrected chi connectivity index (χ2v) is 4.98. The van der Waals surface area contributed by atoms with Crippen molar-refractivity contribution in [3.63, 3.8) is 0 Å². The fourth-order valence-corrected chi connectivity index (χ4v) is 2.36. The Morgan fingerprint density at radius 2 is 1.89 bits per heavy atom. The van der Waals surface area contributed by atoms with Crippen molar-refractivity contribution in [3.05, 3.63) is 34.9 Å². The van der Waals surface area contributed by atoms with Gasteiger partial charge < -0.3 is 10.2 Å². The average molecular weight is 268 g/mol. The van der Waals surface area contributed by atoms with E-state index in [1.54, 1.807) is 7.05 Å². The molecule has 0 saturated carbocycles. The number of carbonyl (C=O) groups is 1. The highest BCUT2D eigenvalue weighted by atomic mass is 19.1. The van der Waals surface area contributed by atoms with Gasteiger partial charge in [0.15, 0.2) is 0 Å². The van der Waals surface area contributed by atoms with Crippen LogP contribution in [0.5, 0.6) is 0 Å². The second-order valence-electron chi connectivity index (χ2n) is 4.98. The van der Waals surface area contributed by atoms with Crippen molar-refractivity contribution in [2.24, 2.45) is 0 Å². The molecule has 0 spiro atoms. The van der Waals surface area contributed by atoms with Crippen molar-refractivity contribution < 1.29 is 13.6 Å². The standard InChI is InChI=1S/C14H18F2N2O/c1-9-7-13(16)11(8-12(9)15)14(19)18(2)10-3-5-17-6-4-10/h7-8,10,17H,3-6H2,1-2H3. The van der Waals surface area contributed by atoms with Crippen molar-refractivity contribution in [3.8, 4) is 0 Å². The van der Waals surface area contributed by atoms with Gasteiger partial charge in [0.05, 0.1) is 5.56 Å². The summed E-state index contributed by atoms with van der Waals surface area (Å²) in [6.07, 6.45) is 1.66. The molecule has 0 bridgehead atoms. The second kappa shape index (κ2) is 5.65. The van der Waals surface area contributed by atoms with E-state index in [9.17, 15) is 13.6 Å². The van der Waals surface area contributed by atoms with Gasteiger partial charge in [-0.1, -0.05) is 0 Å². The number of rotatable bonds is 2. The summed E-state index contributed by atoms with van der Waals surface area (Å²) in [5, 5.41) is 3.20. The van der Waals surface area contributed by atoms with Gasteiger partial charge >= 0.3 is 0 Å². The number of amides is 1. The number of hydrogen-bond acceptors (Lipinski definition) is 2. The Morgan fingerprint density at radius 1 is 1.26 bits per heavy atom. The number of nitrogens with one attached hydrogen (secondary N) is 1.